The van der Waals surface area contributed by atoms with Crippen LogP contribution in [0.25, 0.3) is 0 Å². The lowest BCUT2D eigenvalue weighted by Crippen LogP contribution is -2.07. The molecule has 0 saturated heterocycles. The number of aliphatic hydroxyl groups is 1. The molecule has 0 bridgehead atoms. The summed E-state index contributed by atoms with van der Waals surface area (Å²) < 4.78 is 4.70. The first-order chi connectivity index (χ1) is 6.49. The summed E-state index contributed by atoms with van der Waals surface area (Å²) in [6.07, 6.45) is 0.358. The van der Waals surface area contributed by atoms with Crippen LogP contribution in [0.4, 0.5) is 0 Å². The largest absolute Gasteiger partial charge is 0.512 e. The van der Waals surface area contributed by atoms with Crippen molar-refractivity contribution in [3.63, 3.8) is 0 Å². The predicted octanol–water partition coefficient (Wildman–Crippen LogP) is 1.75. The van der Waals surface area contributed by atoms with Crippen molar-refractivity contribution in [2.45, 2.75) is 33.6 Å². The van der Waals surface area contributed by atoms with Crippen LogP contribution < -0.4 is 0 Å². The van der Waals surface area contributed by atoms with Crippen molar-refractivity contribution in [1.29, 1.82) is 0 Å². The summed E-state index contributed by atoms with van der Waals surface area (Å²) in [6, 6.07) is 0. The highest BCUT2D eigenvalue weighted by Crippen LogP contribution is 2.11. The Labute approximate surface area is 83.6 Å². The molecule has 0 aliphatic heterocycles. The fourth-order valence-electron chi connectivity index (χ4n) is 1.07. The Bertz CT molecular complexity index is 249. The summed E-state index contributed by atoms with van der Waals surface area (Å²) in [4.78, 5) is 21.9. The number of ketones is 1. The lowest BCUT2D eigenvalue weighted by Gasteiger charge is -2.04. The number of ether oxygens (including phenoxy) is 1. The Morgan fingerprint density at radius 1 is 1.21 bits per heavy atom. The maximum Gasteiger partial charge on any atom is 0.306 e. The van der Waals surface area contributed by atoms with Crippen molar-refractivity contribution >= 4 is 11.8 Å². The first kappa shape index (κ1) is 12.7. The van der Waals surface area contributed by atoms with Gasteiger partial charge in [-0.05, 0) is 27.2 Å². The van der Waals surface area contributed by atoms with E-state index in [1.54, 1.807) is 6.92 Å². The van der Waals surface area contributed by atoms with Crippen LogP contribution in [0, 0.1) is 0 Å². The molecule has 80 valence electrons. The van der Waals surface area contributed by atoms with Gasteiger partial charge in [-0.2, -0.15) is 0 Å². The molecule has 4 nitrogen and oxygen atoms in total. The number of carbonyl (C=O) groups excluding carboxylic acids is 2. The highest BCUT2D eigenvalue weighted by molar-refractivity contribution is 5.94. The number of rotatable bonds is 5. The average molecular weight is 200 g/mol. The Morgan fingerprint density at radius 3 is 2.14 bits per heavy atom. The zero-order valence-corrected chi connectivity index (χ0v) is 8.79. The molecule has 0 unspecified atom stereocenters. The summed E-state index contributed by atoms with van der Waals surface area (Å²) in [5.41, 5.74) is 0.290. The third kappa shape index (κ3) is 4.64. The first-order valence-electron chi connectivity index (χ1n) is 4.54. The third-order valence-electron chi connectivity index (χ3n) is 1.75. The molecular weight excluding hydrogens is 184 g/mol. The summed E-state index contributed by atoms with van der Waals surface area (Å²) in [6.45, 7) is 4.84. The minimum Gasteiger partial charge on any atom is -0.512 e. The zero-order valence-electron chi connectivity index (χ0n) is 8.79. The normalized spacial score (nSPS) is 11.9. The van der Waals surface area contributed by atoms with Gasteiger partial charge in [-0.1, -0.05) is 0 Å². The van der Waals surface area contributed by atoms with Crippen molar-refractivity contribution in [2.75, 3.05) is 6.61 Å². The van der Waals surface area contributed by atoms with Gasteiger partial charge in [0.2, 0.25) is 0 Å². The van der Waals surface area contributed by atoms with E-state index in [0.29, 0.717) is 6.61 Å². The lowest BCUT2D eigenvalue weighted by atomic mass is 10.1. The van der Waals surface area contributed by atoms with E-state index in [-0.39, 0.29) is 35.9 Å². The molecular formula is C10H16O4. The van der Waals surface area contributed by atoms with Gasteiger partial charge in [-0.3, -0.25) is 9.59 Å². The highest BCUT2D eigenvalue weighted by atomic mass is 16.5. The molecule has 0 aromatic rings. The number of carbonyl (C=O) groups is 2. The predicted molar refractivity (Wildman–Crippen MR) is 51.9 cm³/mol. The van der Waals surface area contributed by atoms with Gasteiger partial charge in [0.15, 0.2) is 5.78 Å². The molecule has 0 aromatic heterocycles. The minimum atomic E-state index is -0.354. The monoisotopic (exact) mass is 200 g/mol. The number of Topliss-reactive ketones (excluding diaryl/α,β-unsaturated/α-hetero) is 1. The maximum atomic E-state index is 11.0. The summed E-state index contributed by atoms with van der Waals surface area (Å²) in [5.74, 6) is -0.594. The zero-order chi connectivity index (χ0) is 11.1. The van der Waals surface area contributed by atoms with E-state index < -0.39 is 0 Å². The second kappa shape index (κ2) is 6.18. The van der Waals surface area contributed by atoms with E-state index in [4.69, 9.17) is 9.84 Å². The second-order valence-electron chi connectivity index (χ2n) is 2.93. The van der Waals surface area contributed by atoms with Crippen LogP contribution >= 0.6 is 0 Å². The molecule has 0 aliphatic rings. The molecule has 4 heteroatoms. The topological polar surface area (TPSA) is 63.6 Å². The Hall–Kier alpha value is -1.32. The van der Waals surface area contributed by atoms with E-state index >= 15 is 0 Å². The van der Waals surface area contributed by atoms with Gasteiger partial charge in [0.1, 0.15) is 0 Å². The second-order valence-corrected chi connectivity index (χ2v) is 2.93. The number of allylic oxidation sites excluding steroid dienone is 2. The summed E-state index contributed by atoms with van der Waals surface area (Å²) in [5, 5.41) is 9.13. The van der Waals surface area contributed by atoms with Gasteiger partial charge in [-0.25, -0.2) is 0 Å². The highest BCUT2D eigenvalue weighted by Gasteiger charge is 2.11. The number of hydrogen-bond acceptors (Lipinski definition) is 4. The molecule has 14 heavy (non-hydrogen) atoms. The van der Waals surface area contributed by atoms with Crippen LogP contribution in [-0.2, 0) is 14.3 Å². The van der Waals surface area contributed by atoms with E-state index in [1.165, 1.54) is 13.8 Å². The molecule has 1 N–H and O–H groups in total. The van der Waals surface area contributed by atoms with Gasteiger partial charge in [0.05, 0.1) is 12.4 Å². The van der Waals surface area contributed by atoms with Crippen LogP contribution in [0.2, 0.25) is 0 Å². The molecule has 0 aliphatic carbocycles. The van der Waals surface area contributed by atoms with Crippen molar-refractivity contribution in [2.24, 2.45) is 0 Å². The van der Waals surface area contributed by atoms with E-state index in [1.807, 2.05) is 0 Å². The van der Waals surface area contributed by atoms with Crippen LogP contribution in [0.15, 0.2) is 11.3 Å². The lowest BCUT2D eigenvalue weighted by molar-refractivity contribution is -0.143. The fourth-order valence-corrected chi connectivity index (χ4v) is 1.07. The molecule has 0 heterocycles. The number of aliphatic hydroxyl groups excluding tert-OH is 1. The van der Waals surface area contributed by atoms with Crippen LogP contribution in [0.3, 0.4) is 0 Å². The first-order valence-corrected chi connectivity index (χ1v) is 4.54. The SMILES string of the molecule is CCOC(=O)CCC(C(C)=O)=C(C)O. The number of esters is 1. The van der Waals surface area contributed by atoms with Crippen molar-refractivity contribution < 1.29 is 19.4 Å². The smallest absolute Gasteiger partial charge is 0.306 e. The van der Waals surface area contributed by atoms with Gasteiger partial charge in [0, 0.05) is 12.0 Å². The standard InChI is InChI=1S/C10H16O4/c1-4-14-10(13)6-5-9(7(2)11)8(3)12/h11H,4-6H2,1-3H3. The van der Waals surface area contributed by atoms with Crippen LogP contribution in [0.1, 0.15) is 33.6 Å². The molecule has 0 amide bonds. The molecule has 0 radical (unpaired) electrons. The van der Waals surface area contributed by atoms with Crippen molar-refractivity contribution in [3.8, 4) is 0 Å². The molecule has 0 saturated carbocycles. The Balaban J connectivity index is 4.16. The van der Waals surface area contributed by atoms with Gasteiger partial charge >= 0.3 is 5.97 Å². The van der Waals surface area contributed by atoms with Crippen molar-refractivity contribution in [3.05, 3.63) is 11.3 Å². The molecule has 0 atom stereocenters. The van der Waals surface area contributed by atoms with E-state index in [0.717, 1.165) is 0 Å². The third-order valence-corrected chi connectivity index (χ3v) is 1.75. The van der Waals surface area contributed by atoms with Crippen molar-refractivity contribution in [1.82, 2.24) is 0 Å². The maximum absolute atomic E-state index is 11.0. The molecule has 0 aromatic carbocycles. The minimum absolute atomic E-state index is 0.0261. The average Bonchev–Trinajstić information content (AvgIpc) is 2.03. The van der Waals surface area contributed by atoms with Gasteiger partial charge in [0.25, 0.3) is 0 Å². The summed E-state index contributed by atoms with van der Waals surface area (Å²) >= 11 is 0. The number of hydrogen-bond donors (Lipinski definition) is 1. The summed E-state index contributed by atoms with van der Waals surface area (Å²) in [7, 11) is 0. The van der Waals surface area contributed by atoms with Gasteiger partial charge < -0.3 is 9.84 Å². The molecule has 0 spiro atoms. The van der Waals surface area contributed by atoms with Gasteiger partial charge in [-0.15, -0.1) is 0 Å². The molecule has 0 rings (SSSR count). The fraction of sp³-hybridized carbons (Fsp3) is 0.600. The van der Waals surface area contributed by atoms with Crippen LogP contribution in [0.5, 0.6) is 0 Å². The Morgan fingerprint density at radius 2 is 1.79 bits per heavy atom. The van der Waals surface area contributed by atoms with Crippen LogP contribution in [-0.4, -0.2) is 23.5 Å². The molecule has 0 fully saturated rings. The van der Waals surface area contributed by atoms with E-state index in [2.05, 4.69) is 0 Å². The van der Waals surface area contributed by atoms with E-state index in [9.17, 15) is 9.59 Å². The quantitative estimate of drug-likeness (QED) is 0.417. The Kier molecular flexibility index (Phi) is 5.60.